The molecule has 0 fully saturated rings. The van der Waals surface area contributed by atoms with Crippen LogP contribution in [0.1, 0.15) is 63.5 Å². The topological polar surface area (TPSA) is 123 Å². The number of nitrogens with zero attached hydrogens (tertiary/aromatic N) is 2. The molecule has 10 heteroatoms. The number of pyridine rings is 1. The molecular weight excluding hydrogens is 417 g/mol. The fourth-order valence-corrected chi connectivity index (χ4v) is 2.71. The maximum Gasteiger partial charge on any atom is 0.330 e. The van der Waals surface area contributed by atoms with E-state index in [9.17, 15) is 14.4 Å². The minimum absolute atomic E-state index is 0. The number of aromatic amines is 1. The molecule has 164 valence electrons. The molecule has 0 aromatic carbocycles. The number of fused-ring (bicyclic) bond motifs is 1. The van der Waals surface area contributed by atoms with E-state index >= 15 is 0 Å². The van der Waals surface area contributed by atoms with Crippen LogP contribution in [0.2, 0.25) is 0 Å². The second-order valence-corrected chi connectivity index (χ2v) is 8.38. The molecule has 0 atom stereocenters. The second-order valence-electron chi connectivity index (χ2n) is 8.38. The summed E-state index contributed by atoms with van der Waals surface area (Å²) in [6.45, 7) is 12.0. The number of amides is 1. The largest absolute Gasteiger partial charge is 0.350 e. The van der Waals surface area contributed by atoms with Crippen molar-refractivity contribution < 1.29 is 4.79 Å². The molecular formula is C19H31Cl2N5O3. The first kappa shape index (κ1) is 27.1. The molecule has 0 aliphatic rings. The summed E-state index contributed by atoms with van der Waals surface area (Å²) >= 11 is 0. The Morgan fingerprint density at radius 3 is 2.31 bits per heavy atom. The molecule has 0 aliphatic heterocycles. The number of H-pyrrole nitrogens is 1. The van der Waals surface area contributed by atoms with Gasteiger partial charge in [-0.25, -0.2) is 9.78 Å². The fraction of sp³-hybridized carbons (Fsp3) is 0.579. The molecule has 2 aromatic rings. The molecule has 1 amide bonds. The third-order valence-corrected chi connectivity index (χ3v) is 4.06. The number of carbonyl (C=O) groups excluding carboxylic acids is 1. The number of nitrogens with two attached hydrogens (primary N) is 1. The van der Waals surface area contributed by atoms with E-state index in [1.165, 1.54) is 4.57 Å². The van der Waals surface area contributed by atoms with Crippen LogP contribution < -0.4 is 22.3 Å². The van der Waals surface area contributed by atoms with Gasteiger partial charge in [-0.2, -0.15) is 0 Å². The summed E-state index contributed by atoms with van der Waals surface area (Å²) < 4.78 is 1.43. The van der Waals surface area contributed by atoms with E-state index in [0.29, 0.717) is 12.2 Å². The van der Waals surface area contributed by atoms with Crippen LogP contribution in [0.3, 0.4) is 0 Å². The van der Waals surface area contributed by atoms with Crippen molar-refractivity contribution in [2.75, 3.05) is 6.54 Å². The predicted octanol–water partition coefficient (Wildman–Crippen LogP) is 2.17. The Labute approximate surface area is 182 Å². The number of hydrogen-bond acceptors (Lipinski definition) is 5. The lowest BCUT2D eigenvalue weighted by atomic mass is 10.0. The third kappa shape index (κ3) is 6.55. The van der Waals surface area contributed by atoms with Gasteiger partial charge in [0.15, 0.2) is 5.65 Å². The number of rotatable bonds is 6. The summed E-state index contributed by atoms with van der Waals surface area (Å²) in [4.78, 5) is 44.6. The van der Waals surface area contributed by atoms with Crippen LogP contribution in [0.4, 0.5) is 0 Å². The lowest BCUT2D eigenvalue weighted by Crippen LogP contribution is -2.45. The van der Waals surface area contributed by atoms with Gasteiger partial charge < -0.3 is 11.1 Å². The van der Waals surface area contributed by atoms with E-state index in [4.69, 9.17) is 5.73 Å². The molecule has 0 saturated heterocycles. The summed E-state index contributed by atoms with van der Waals surface area (Å²) in [6.07, 6.45) is 0. The molecule has 4 N–H and O–H groups in total. The molecule has 0 spiro atoms. The zero-order valence-corrected chi connectivity index (χ0v) is 19.3. The van der Waals surface area contributed by atoms with Gasteiger partial charge in [-0.05, 0) is 31.7 Å². The monoisotopic (exact) mass is 447 g/mol. The number of aromatic nitrogens is 3. The van der Waals surface area contributed by atoms with Crippen LogP contribution in [-0.2, 0) is 6.54 Å². The van der Waals surface area contributed by atoms with E-state index in [1.54, 1.807) is 19.9 Å². The quantitative estimate of drug-likeness (QED) is 0.625. The molecule has 8 nitrogen and oxygen atoms in total. The molecule has 2 heterocycles. The highest BCUT2D eigenvalue weighted by Gasteiger charge is 2.22. The smallest absolute Gasteiger partial charge is 0.330 e. The highest BCUT2D eigenvalue weighted by atomic mass is 35.5. The average Bonchev–Trinajstić information content (AvgIpc) is 2.54. The van der Waals surface area contributed by atoms with Crippen molar-refractivity contribution in [3.63, 3.8) is 0 Å². The Bertz CT molecular complexity index is 975. The zero-order chi connectivity index (χ0) is 20.5. The van der Waals surface area contributed by atoms with Gasteiger partial charge in [0.25, 0.3) is 11.5 Å². The molecule has 2 aromatic heterocycles. The SMILES string of the molecule is CC(C)Cn1c(=O)[nH]c(=O)c2c(C(=O)NCC(C)(C)N)cc(C(C)C)nc21.Cl.Cl. The van der Waals surface area contributed by atoms with Crippen LogP contribution in [0, 0.1) is 5.92 Å². The minimum atomic E-state index is -0.616. The van der Waals surface area contributed by atoms with Gasteiger partial charge in [0, 0.05) is 24.3 Å². The Morgan fingerprint density at radius 2 is 1.83 bits per heavy atom. The van der Waals surface area contributed by atoms with Crippen molar-refractivity contribution in [3.8, 4) is 0 Å². The second kappa shape index (κ2) is 10.2. The molecule has 2 rings (SSSR count). The highest BCUT2D eigenvalue weighted by Crippen LogP contribution is 2.20. The predicted molar refractivity (Wildman–Crippen MR) is 121 cm³/mol. The first-order chi connectivity index (χ1) is 12.4. The van der Waals surface area contributed by atoms with Crippen molar-refractivity contribution in [1.29, 1.82) is 0 Å². The van der Waals surface area contributed by atoms with E-state index in [2.05, 4.69) is 15.3 Å². The van der Waals surface area contributed by atoms with Crippen LogP contribution in [0.25, 0.3) is 11.0 Å². The van der Waals surface area contributed by atoms with Crippen molar-refractivity contribution in [2.45, 2.75) is 59.5 Å². The van der Waals surface area contributed by atoms with Crippen LogP contribution >= 0.6 is 24.8 Å². The van der Waals surface area contributed by atoms with E-state index < -0.39 is 22.7 Å². The zero-order valence-electron chi connectivity index (χ0n) is 17.7. The Hall–Kier alpha value is -1.90. The summed E-state index contributed by atoms with van der Waals surface area (Å²) in [5.41, 5.74) is 5.29. The Kier molecular flexibility index (Phi) is 9.56. The molecule has 0 bridgehead atoms. The summed E-state index contributed by atoms with van der Waals surface area (Å²) in [7, 11) is 0. The van der Waals surface area contributed by atoms with Crippen LogP contribution in [0.5, 0.6) is 0 Å². The number of nitrogens with one attached hydrogen (secondary N) is 2. The minimum Gasteiger partial charge on any atom is -0.350 e. The Balaban J connectivity index is 0.00000392. The van der Waals surface area contributed by atoms with Gasteiger partial charge in [0.2, 0.25) is 0 Å². The number of halogens is 2. The van der Waals surface area contributed by atoms with Crippen molar-refractivity contribution in [1.82, 2.24) is 19.9 Å². The van der Waals surface area contributed by atoms with Crippen molar-refractivity contribution in [2.24, 2.45) is 11.7 Å². The number of hydrogen-bond donors (Lipinski definition) is 3. The standard InChI is InChI=1S/C19H29N5O3.2ClH/c1-10(2)8-24-15-14(17(26)23-18(24)27)12(7-13(22-15)11(3)4)16(25)21-9-19(5,6)20;;/h7,10-11H,8-9,20H2,1-6H3,(H,21,25)(H,23,26,27);2*1H. The van der Waals surface area contributed by atoms with Crippen molar-refractivity contribution >= 4 is 41.8 Å². The molecule has 0 radical (unpaired) electrons. The van der Waals surface area contributed by atoms with E-state index in [1.807, 2.05) is 27.7 Å². The fourth-order valence-electron chi connectivity index (χ4n) is 2.71. The molecule has 0 saturated carbocycles. The maximum absolute atomic E-state index is 12.8. The van der Waals surface area contributed by atoms with E-state index in [0.717, 1.165) is 0 Å². The molecule has 0 aliphatic carbocycles. The van der Waals surface area contributed by atoms with Crippen LogP contribution in [-0.4, -0.2) is 32.5 Å². The normalized spacial score (nSPS) is 11.3. The third-order valence-electron chi connectivity index (χ3n) is 4.06. The summed E-state index contributed by atoms with van der Waals surface area (Å²) in [5.74, 6) is -0.228. The van der Waals surface area contributed by atoms with Crippen molar-refractivity contribution in [3.05, 3.63) is 38.2 Å². The maximum atomic E-state index is 12.8. The van der Waals surface area contributed by atoms with Gasteiger partial charge in [-0.1, -0.05) is 27.7 Å². The highest BCUT2D eigenvalue weighted by molar-refractivity contribution is 6.05. The average molecular weight is 448 g/mol. The first-order valence-corrected chi connectivity index (χ1v) is 9.15. The van der Waals surface area contributed by atoms with Gasteiger partial charge in [0.1, 0.15) is 0 Å². The van der Waals surface area contributed by atoms with Gasteiger partial charge in [0.05, 0.1) is 10.9 Å². The molecule has 29 heavy (non-hydrogen) atoms. The van der Waals surface area contributed by atoms with E-state index in [-0.39, 0.29) is 59.8 Å². The first-order valence-electron chi connectivity index (χ1n) is 9.15. The Morgan fingerprint density at radius 1 is 1.24 bits per heavy atom. The number of carbonyl (C=O) groups is 1. The van der Waals surface area contributed by atoms with Gasteiger partial charge in [-0.15, -0.1) is 24.8 Å². The summed E-state index contributed by atoms with van der Waals surface area (Å²) in [6, 6.07) is 1.62. The molecule has 0 unspecified atom stereocenters. The van der Waals surface area contributed by atoms with Gasteiger partial charge in [-0.3, -0.25) is 19.1 Å². The lowest BCUT2D eigenvalue weighted by molar-refractivity contribution is 0.0947. The van der Waals surface area contributed by atoms with Gasteiger partial charge >= 0.3 is 5.69 Å². The van der Waals surface area contributed by atoms with Crippen LogP contribution in [0.15, 0.2) is 15.7 Å². The lowest BCUT2D eigenvalue weighted by Gasteiger charge is -2.20. The summed E-state index contributed by atoms with van der Waals surface area (Å²) in [5, 5.41) is 2.88.